The molecule has 0 radical (unpaired) electrons. The summed E-state index contributed by atoms with van der Waals surface area (Å²) in [5, 5.41) is 12.3. The number of hydrogen-bond donors (Lipinski definition) is 2. The first-order valence-corrected chi connectivity index (χ1v) is 5.60. The van der Waals surface area contributed by atoms with Gasteiger partial charge in [-0.15, -0.1) is 4.91 Å². The molecule has 0 bridgehead atoms. The highest BCUT2D eigenvalue weighted by molar-refractivity contribution is 7.75. The lowest BCUT2D eigenvalue weighted by Crippen LogP contribution is -2.01. The Morgan fingerprint density at radius 3 is 2.82 bits per heavy atom. The molecule has 1 atom stereocenters. The molecule has 1 N–H and O–H groups in total. The van der Waals surface area contributed by atoms with Crippen LogP contribution in [0.5, 0.6) is 5.75 Å². The molecule has 0 heterocycles. The van der Waals surface area contributed by atoms with Gasteiger partial charge in [0.1, 0.15) is 11.4 Å². The van der Waals surface area contributed by atoms with E-state index in [1.165, 1.54) is 6.07 Å². The van der Waals surface area contributed by atoms with E-state index in [0.29, 0.717) is 30.9 Å². The summed E-state index contributed by atoms with van der Waals surface area (Å²) >= 11 is 3.61. The van der Waals surface area contributed by atoms with Crippen molar-refractivity contribution >= 4 is 18.6 Å². The first kappa shape index (κ1) is 14.0. The van der Waals surface area contributed by atoms with E-state index in [4.69, 9.17) is 4.74 Å². The Morgan fingerprint density at radius 1 is 1.47 bits per heavy atom. The number of nitrogens with zero attached hydrogens (tertiary/aromatic N) is 1. The first-order chi connectivity index (χ1) is 8.19. The van der Waals surface area contributed by atoms with Gasteiger partial charge in [0.15, 0.2) is 0 Å². The van der Waals surface area contributed by atoms with Crippen LogP contribution in [0.1, 0.15) is 25.0 Å². The fraction of sp³-hybridized carbons (Fsp3) is 0.455. The highest BCUT2D eigenvalue weighted by Gasteiger charge is 2.10. The van der Waals surface area contributed by atoms with Crippen LogP contribution in [0, 0.1) is 4.91 Å². The van der Waals surface area contributed by atoms with Crippen LogP contribution < -0.4 is 4.74 Å². The van der Waals surface area contributed by atoms with Gasteiger partial charge in [0.25, 0.3) is 0 Å². The summed E-state index contributed by atoms with van der Waals surface area (Å²) in [4.78, 5) is 10.5. The Balaban J connectivity index is 2.68. The predicted octanol–water partition coefficient (Wildman–Crippen LogP) is 2.77. The summed E-state index contributed by atoms with van der Waals surface area (Å²) in [6.07, 6.45) is -0.0479. The second kappa shape index (κ2) is 7.26. The van der Waals surface area contributed by atoms with Crippen LogP contribution >= 0.6 is 12.9 Å². The van der Waals surface area contributed by atoms with E-state index in [1.807, 2.05) is 0 Å². The van der Waals surface area contributed by atoms with Crippen molar-refractivity contribution in [1.82, 2.24) is 0 Å². The van der Waals surface area contributed by atoms with Crippen LogP contribution in [0.3, 0.4) is 0 Å². The Kier molecular flexibility index (Phi) is 5.96. The van der Waals surface area contributed by atoms with E-state index in [2.05, 4.69) is 22.3 Å². The Hall–Kier alpha value is -1.11. The van der Waals surface area contributed by atoms with E-state index in [9.17, 15) is 10.0 Å². The molecule has 0 fully saturated rings. The summed E-state index contributed by atoms with van der Waals surface area (Å²) in [5.41, 5.74) is 0.689. The summed E-state index contributed by atoms with van der Waals surface area (Å²) in [6.45, 7) is 2.55. The van der Waals surface area contributed by atoms with Crippen LogP contribution in [-0.4, -0.2) is 18.3 Å². The third-order valence-corrected chi connectivity index (χ3v) is 2.38. The molecular weight excluding hydrogens is 242 g/mol. The molecule has 1 aromatic carbocycles. The van der Waals surface area contributed by atoms with Gasteiger partial charge in [0.2, 0.25) is 0 Å². The minimum absolute atomic E-state index is 0.228. The topological polar surface area (TPSA) is 68.1 Å². The SMILES string of the molecule is CC(O)c1cc(OCCCOS)ccc1N=O. The Bertz CT molecular complexity index is 370. The average Bonchev–Trinajstić information content (AvgIpc) is 2.34. The molecule has 1 rings (SSSR count). The molecule has 0 aliphatic carbocycles. The third kappa shape index (κ3) is 4.33. The summed E-state index contributed by atoms with van der Waals surface area (Å²) in [7, 11) is 0. The molecule has 6 heteroatoms. The largest absolute Gasteiger partial charge is 0.493 e. The number of thiol groups is 1. The average molecular weight is 257 g/mol. The molecule has 0 saturated heterocycles. The van der Waals surface area contributed by atoms with E-state index in [1.54, 1.807) is 19.1 Å². The molecule has 5 nitrogen and oxygen atoms in total. The molecule has 0 aromatic heterocycles. The lowest BCUT2D eigenvalue weighted by Gasteiger charge is -2.10. The van der Waals surface area contributed by atoms with E-state index >= 15 is 0 Å². The molecule has 0 spiro atoms. The van der Waals surface area contributed by atoms with Gasteiger partial charge in [-0.2, -0.15) is 0 Å². The van der Waals surface area contributed by atoms with E-state index < -0.39 is 6.10 Å². The van der Waals surface area contributed by atoms with Gasteiger partial charge in [-0.25, -0.2) is 0 Å². The molecule has 0 aliphatic heterocycles. The summed E-state index contributed by atoms with van der Waals surface area (Å²) in [6, 6.07) is 4.78. The highest BCUT2D eigenvalue weighted by Crippen LogP contribution is 2.29. The van der Waals surface area contributed by atoms with Gasteiger partial charge in [-0.05, 0) is 43.2 Å². The Morgan fingerprint density at radius 2 is 2.24 bits per heavy atom. The van der Waals surface area contributed by atoms with Crippen LogP contribution in [0.25, 0.3) is 0 Å². The van der Waals surface area contributed by atoms with Crippen LogP contribution in [0.15, 0.2) is 23.4 Å². The predicted molar refractivity (Wildman–Crippen MR) is 67.6 cm³/mol. The molecule has 0 saturated carbocycles. The van der Waals surface area contributed by atoms with Crippen molar-refractivity contribution in [3.05, 3.63) is 28.7 Å². The molecule has 0 aliphatic rings. The number of rotatable bonds is 7. The molecule has 1 aromatic rings. The minimum atomic E-state index is -0.757. The zero-order valence-corrected chi connectivity index (χ0v) is 10.4. The molecule has 1 unspecified atom stereocenters. The molecule has 94 valence electrons. The van der Waals surface area contributed by atoms with Gasteiger partial charge in [0, 0.05) is 12.0 Å². The van der Waals surface area contributed by atoms with Gasteiger partial charge < -0.3 is 14.0 Å². The quantitative estimate of drug-likeness (QED) is 0.341. The zero-order valence-electron chi connectivity index (χ0n) is 9.50. The standard InChI is InChI=1S/C11H15NO4S/c1-8(13)10-7-9(3-4-11(10)12-14)15-5-2-6-16-17/h3-4,7-8,13,17H,2,5-6H2,1H3. The molecule has 17 heavy (non-hydrogen) atoms. The second-order valence-corrected chi connectivity index (χ2v) is 3.78. The summed E-state index contributed by atoms with van der Waals surface area (Å²) in [5.74, 6) is 0.590. The number of benzene rings is 1. The van der Waals surface area contributed by atoms with Crippen molar-refractivity contribution < 1.29 is 14.0 Å². The molecular formula is C11H15NO4S. The fourth-order valence-electron chi connectivity index (χ4n) is 1.35. The number of aliphatic hydroxyl groups is 1. The van der Waals surface area contributed by atoms with E-state index in [0.717, 1.165) is 0 Å². The lowest BCUT2D eigenvalue weighted by molar-refractivity contribution is 0.199. The van der Waals surface area contributed by atoms with Crippen molar-refractivity contribution in [2.75, 3.05) is 13.2 Å². The first-order valence-electron chi connectivity index (χ1n) is 5.23. The van der Waals surface area contributed by atoms with Gasteiger partial charge in [-0.1, -0.05) is 0 Å². The second-order valence-electron chi connectivity index (χ2n) is 3.52. The number of aliphatic hydroxyl groups excluding tert-OH is 1. The smallest absolute Gasteiger partial charge is 0.119 e. The van der Waals surface area contributed by atoms with Gasteiger partial charge >= 0.3 is 0 Å². The normalized spacial score (nSPS) is 12.2. The summed E-state index contributed by atoms with van der Waals surface area (Å²) < 4.78 is 10.0. The van der Waals surface area contributed by atoms with Crippen LogP contribution in [0.4, 0.5) is 5.69 Å². The van der Waals surface area contributed by atoms with Crippen molar-refractivity contribution in [3.63, 3.8) is 0 Å². The number of hydrogen-bond acceptors (Lipinski definition) is 6. The Labute approximate surface area is 105 Å². The monoisotopic (exact) mass is 257 g/mol. The van der Waals surface area contributed by atoms with Crippen LogP contribution in [0.2, 0.25) is 0 Å². The van der Waals surface area contributed by atoms with Crippen molar-refractivity contribution in [1.29, 1.82) is 0 Å². The van der Waals surface area contributed by atoms with Gasteiger partial charge in [-0.3, -0.25) is 0 Å². The van der Waals surface area contributed by atoms with Crippen molar-refractivity contribution in [3.8, 4) is 5.75 Å². The zero-order chi connectivity index (χ0) is 12.7. The number of nitroso groups, excluding NO2 is 1. The lowest BCUT2D eigenvalue weighted by atomic mass is 10.1. The minimum Gasteiger partial charge on any atom is -0.493 e. The number of ether oxygens (including phenoxy) is 1. The maximum absolute atomic E-state index is 10.5. The highest BCUT2D eigenvalue weighted by atomic mass is 32.1. The maximum atomic E-state index is 10.5. The third-order valence-electron chi connectivity index (χ3n) is 2.20. The fourth-order valence-corrected chi connectivity index (χ4v) is 1.48. The maximum Gasteiger partial charge on any atom is 0.119 e. The van der Waals surface area contributed by atoms with Gasteiger partial charge in [0.05, 0.1) is 19.3 Å². The van der Waals surface area contributed by atoms with Crippen molar-refractivity contribution in [2.24, 2.45) is 5.18 Å². The van der Waals surface area contributed by atoms with Crippen LogP contribution in [-0.2, 0) is 4.18 Å². The van der Waals surface area contributed by atoms with E-state index in [-0.39, 0.29) is 5.69 Å². The molecule has 0 amide bonds. The van der Waals surface area contributed by atoms with Crippen molar-refractivity contribution in [2.45, 2.75) is 19.4 Å².